The Hall–Kier alpha value is -0.0400. The summed E-state index contributed by atoms with van der Waals surface area (Å²) >= 11 is 0. The first-order valence-electron chi connectivity index (χ1n) is 8.02. The van der Waals surface area contributed by atoms with Crippen LogP contribution < -0.4 is 16.0 Å². The molecule has 0 aromatic carbocycles. The van der Waals surface area contributed by atoms with Crippen LogP contribution >= 0.6 is 24.0 Å². The van der Waals surface area contributed by atoms with Crippen molar-refractivity contribution in [2.24, 2.45) is 16.8 Å². The molecular formula is C16H35IN4. The van der Waals surface area contributed by atoms with Crippen LogP contribution in [0.15, 0.2) is 4.99 Å². The van der Waals surface area contributed by atoms with Gasteiger partial charge in [0.1, 0.15) is 0 Å². The Balaban J connectivity index is 0.00000400. The molecule has 1 fully saturated rings. The van der Waals surface area contributed by atoms with Crippen molar-refractivity contribution in [3.05, 3.63) is 0 Å². The van der Waals surface area contributed by atoms with Crippen LogP contribution in [0.25, 0.3) is 0 Å². The fraction of sp³-hybridized carbons (Fsp3) is 0.938. The van der Waals surface area contributed by atoms with Crippen LogP contribution in [0.1, 0.15) is 53.9 Å². The lowest BCUT2D eigenvalue weighted by Gasteiger charge is -2.33. The van der Waals surface area contributed by atoms with E-state index in [9.17, 15) is 0 Å². The summed E-state index contributed by atoms with van der Waals surface area (Å²) in [5.74, 6) is 2.57. The van der Waals surface area contributed by atoms with E-state index in [1.807, 2.05) is 7.05 Å². The number of hydrogen-bond donors (Lipinski definition) is 3. The molecule has 0 bridgehead atoms. The van der Waals surface area contributed by atoms with Crippen LogP contribution in [0, 0.1) is 11.8 Å². The van der Waals surface area contributed by atoms with E-state index >= 15 is 0 Å². The molecule has 0 amide bonds. The van der Waals surface area contributed by atoms with E-state index in [0.29, 0.717) is 6.04 Å². The topological polar surface area (TPSA) is 48.5 Å². The Kier molecular flexibility index (Phi) is 9.85. The van der Waals surface area contributed by atoms with Gasteiger partial charge in [-0.05, 0) is 51.9 Å². The van der Waals surface area contributed by atoms with Crippen molar-refractivity contribution in [3.63, 3.8) is 0 Å². The molecule has 0 aromatic heterocycles. The molecule has 4 nitrogen and oxygen atoms in total. The van der Waals surface area contributed by atoms with Gasteiger partial charge >= 0.3 is 0 Å². The van der Waals surface area contributed by atoms with Gasteiger partial charge in [-0.2, -0.15) is 0 Å². The van der Waals surface area contributed by atoms with Crippen LogP contribution in [0.5, 0.6) is 0 Å². The van der Waals surface area contributed by atoms with Crippen molar-refractivity contribution in [3.8, 4) is 0 Å². The van der Waals surface area contributed by atoms with Crippen molar-refractivity contribution in [1.82, 2.24) is 16.0 Å². The first-order valence-corrected chi connectivity index (χ1v) is 8.02. The summed E-state index contributed by atoms with van der Waals surface area (Å²) < 4.78 is 0. The maximum absolute atomic E-state index is 4.33. The van der Waals surface area contributed by atoms with Gasteiger partial charge in [0.25, 0.3) is 0 Å². The normalized spacial score (nSPS) is 27.0. The number of guanidine groups is 1. The van der Waals surface area contributed by atoms with E-state index in [4.69, 9.17) is 0 Å². The molecule has 21 heavy (non-hydrogen) atoms. The van der Waals surface area contributed by atoms with Crippen LogP contribution in [-0.4, -0.2) is 37.7 Å². The Morgan fingerprint density at radius 1 is 1.05 bits per heavy atom. The zero-order chi connectivity index (χ0) is 15.2. The third kappa shape index (κ3) is 9.55. The van der Waals surface area contributed by atoms with Gasteiger partial charge in [0, 0.05) is 31.7 Å². The van der Waals surface area contributed by atoms with Crippen LogP contribution in [0.2, 0.25) is 0 Å². The second-order valence-corrected chi connectivity index (χ2v) is 7.43. The molecule has 2 atom stereocenters. The SMILES string of the molecule is CN=C(NCCNC(C)(C)C)NC1CC(C)CC(C)C1.I. The molecule has 1 aliphatic rings. The second-order valence-electron chi connectivity index (χ2n) is 7.43. The summed E-state index contributed by atoms with van der Waals surface area (Å²) in [5, 5.41) is 10.4. The van der Waals surface area contributed by atoms with Crippen molar-refractivity contribution >= 4 is 29.9 Å². The highest BCUT2D eigenvalue weighted by atomic mass is 127. The Morgan fingerprint density at radius 3 is 2.10 bits per heavy atom. The van der Waals surface area contributed by atoms with Crippen LogP contribution in [0.3, 0.4) is 0 Å². The molecule has 2 unspecified atom stereocenters. The third-order valence-corrected chi connectivity index (χ3v) is 3.82. The highest BCUT2D eigenvalue weighted by Crippen LogP contribution is 2.28. The predicted octanol–water partition coefficient (Wildman–Crippen LogP) is 2.98. The summed E-state index contributed by atoms with van der Waals surface area (Å²) in [5.41, 5.74) is 0.173. The minimum atomic E-state index is 0. The van der Waals surface area contributed by atoms with Gasteiger partial charge in [0.05, 0.1) is 0 Å². The highest BCUT2D eigenvalue weighted by molar-refractivity contribution is 14.0. The standard InChI is InChI=1S/C16H34N4.HI/c1-12-9-13(2)11-14(10-12)20-15(17-6)18-7-8-19-16(3,4)5;/h12-14,19H,7-11H2,1-6H3,(H2,17,18,20);1H. The lowest BCUT2D eigenvalue weighted by Crippen LogP contribution is -2.48. The molecule has 0 saturated heterocycles. The Morgan fingerprint density at radius 2 is 1.62 bits per heavy atom. The summed E-state index contributed by atoms with van der Waals surface area (Å²) in [4.78, 5) is 4.33. The monoisotopic (exact) mass is 410 g/mol. The molecule has 3 N–H and O–H groups in total. The molecule has 0 radical (unpaired) electrons. The number of aliphatic imine (C=N–C) groups is 1. The van der Waals surface area contributed by atoms with E-state index < -0.39 is 0 Å². The van der Waals surface area contributed by atoms with Gasteiger partial charge in [0.15, 0.2) is 5.96 Å². The number of halogens is 1. The van der Waals surface area contributed by atoms with E-state index in [1.54, 1.807) is 0 Å². The number of nitrogens with zero attached hydrogens (tertiary/aromatic N) is 1. The molecule has 0 aromatic rings. The molecule has 0 spiro atoms. The Bertz CT molecular complexity index is 302. The van der Waals surface area contributed by atoms with Gasteiger partial charge < -0.3 is 16.0 Å². The largest absolute Gasteiger partial charge is 0.355 e. The molecule has 0 aliphatic heterocycles. The first-order chi connectivity index (χ1) is 9.30. The first kappa shape index (κ1) is 21.0. The number of rotatable bonds is 4. The van der Waals surface area contributed by atoms with E-state index in [1.165, 1.54) is 19.3 Å². The minimum Gasteiger partial charge on any atom is -0.355 e. The smallest absolute Gasteiger partial charge is 0.191 e. The van der Waals surface area contributed by atoms with Crippen LogP contribution in [0.4, 0.5) is 0 Å². The van der Waals surface area contributed by atoms with Gasteiger partial charge in [0.2, 0.25) is 0 Å². The van der Waals surface area contributed by atoms with E-state index in [-0.39, 0.29) is 29.5 Å². The van der Waals surface area contributed by atoms with Crippen molar-refractivity contribution in [1.29, 1.82) is 0 Å². The van der Waals surface area contributed by atoms with Gasteiger partial charge in [-0.25, -0.2) is 0 Å². The highest BCUT2D eigenvalue weighted by Gasteiger charge is 2.24. The summed E-state index contributed by atoms with van der Waals surface area (Å²) in [6.45, 7) is 13.1. The average molecular weight is 410 g/mol. The fourth-order valence-electron chi connectivity index (χ4n) is 3.07. The molecule has 1 aliphatic carbocycles. The zero-order valence-electron chi connectivity index (χ0n) is 14.6. The summed E-state index contributed by atoms with van der Waals surface area (Å²) in [7, 11) is 1.85. The predicted molar refractivity (Wildman–Crippen MR) is 104 cm³/mol. The number of nitrogens with one attached hydrogen (secondary N) is 3. The van der Waals surface area contributed by atoms with E-state index in [2.05, 4.69) is 55.6 Å². The quantitative estimate of drug-likeness (QED) is 0.289. The Labute approximate surface area is 148 Å². The molecule has 126 valence electrons. The van der Waals surface area contributed by atoms with Crippen molar-refractivity contribution in [2.45, 2.75) is 65.5 Å². The molecule has 1 rings (SSSR count). The minimum absolute atomic E-state index is 0. The summed E-state index contributed by atoms with van der Waals surface area (Å²) in [6, 6.07) is 0.565. The molecule has 0 heterocycles. The van der Waals surface area contributed by atoms with Gasteiger partial charge in [-0.1, -0.05) is 13.8 Å². The molecular weight excluding hydrogens is 375 g/mol. The van der Waals surface area contributed by atoms with Crippen LogP contribution in [-0.2, 0) is 0 Å². The third-order valence-electron chi connectivity index (χ3n) is 3.82. The zero-order valence-corrected chi connectivity index (χ0v) is 17.0. The maximum atomic E-state index is 4.33. The van der Waals surface area contributed by atoms with E-state index in [0.717, 1.165) is 30.9 Å². The maximum Gasteiger partial charge on any atom is 0.191 e. The van der Waals surface area contributed by atoms with Gasteiger partial charge in [-0.15, -0.1) is 24.0 Å². The van der Waals surface area contributed by atoms with Gasteiger partial charge in [-0.3, -0.25) is 4.99 Å². The second kappa shape index (κ2) is 9.87. The van der Waals surface area contributed by atoms with Crippen molar-refractivity contribution in [2.75, 3.05) is 20.1 Å². The summed E-state index contributed by atoms with van der Waals surface area (Å²) in [6.07, 6.45) is 3.87. The number of hydrogen-bond acceptors (Lipinski definition) is 2. The lowest BCUT2D eigenvalue weighted by molar-refractivity contribution is 0.255. The molecule has 1 saturated carbocycles. The molecule has 5 heteroatoms. The fourth-order valence-corrected chi connectivity index (χ4v) is 3.07. The lowest BCUT2D eigenvalue weighted by atomic mass is 9.80. The average Bonchev–Trinajstić information content (AvgIpc) is 2.30. The van der Waals surface area contributed by atoms with Crippen molar-refractivity contribution < 1.29 is 0 Å².